The van der Waals surface area contributed by atoms with Crippen molar-refractivity contribution < 1.29 is 9.59 Å². The lowest BCUT2D eigenvalue weighted by Gasteiger charge is -2.22. The van der Waals surface area contributed by atoms with Crippen molar-refractivity contribution in [2.24, 2.45) is 11.3 Å². The molecule has 1 spiro atoms. The van der Waals surface area contributed by atoms with Crippen LogP contribution in [0.4, 0.5) is 11.6 Å². The summed E-state index contributed by atoms with van der Waals surface area (Å²) in [6, 6.07) is 5.66. The van der Waals surface area contributed by atoms with Crippen molar-refractivity contribution in [2.75, 3.05) is 17.6 Å². The number of carbonyl (C=O) groups is 2. The monoisotopic (exact) mass is 402 g/mol. The van der Waals surface area contributed by atoms with E-state index in [-0.39, 0.29) is 23.1 Å². The van der Waals surface area contributed by atoms with Gasteiger partial charge in [0.25, 0.3) is 0 Å². The average molecular weight is 402 g/mol. The molecule has 1 saturated carbocycles. The third-order valence-corrected chi connectivity index (χ3v) is 6.28. The van der Waals surface area contributed by atoms with E-state index < -0.39 is 0 Å². The van der Waals surface area contributed by atoms with Crippen LogP contribution in [0, 0.1) is 18.3 Å². The molecule has 0 radical (unpaired) electrons. The van der Waals surface area contributed by atoms with Gasteiger partial charge < -0.3 is 16.4 Å². The Balaban J connectivity index is 1.41. The first-order valence-corrected chi connectivity index (χ1v) is 10.00. The first kappa shape index (κ1) is 18.5. The predicted octanol–water partition coefficient (Wildman–Crippen LogP) is 2.44. The van der Waals surface area contributed by atoms with Gasteiger partial charge in [-0.25, -0.2) is 9.97 Å². The number of nitrogen functional groups attached to an aromatic ring is 1. The summed E-state index contributed by atoms with van der Waals surface area (Å²) in [7, 11) is 0. The van der Waals surface area contributed by atoms with Gasteiger partial charge in [0.15, 0.2) is 0 Å². The molecule has 2 amide bonds. The number of nitrogens with one attached hydrogen (secondary N) is 2. The van der Waals surface area contributed by atoms with Crippen molar-refractivity contribution in [2.45, 2.75) is 26.2 Å². The van der Waals surface area contributed by atoms with Gasteiger partial charge in [-0.05, 0) is 54.3 Å². The Bertz CT molecular complexity index is 1190. The first-order valence-electron chi connectivity index (χ1n) is 10.00. The molecule has 5 rings (SSSR count). The maximum Gasteiger partial charge on any atom is 0.229 e. The number of anilines is 2. The molecule has 1 aliphatic carbocycles. The van der Waals surface area contributed by atoms with E-state index in [2.05, 4.69) is 25.6 Å². The molecule has 3 aromatic rings. The fraction of sp³-hybridized carbons (Fsp3) is 0.318. The second-order valence-electron chi connectivity index (χ2n) is 8.26. The van der Waals surface area contributed by atoms with Crippen molar-refractivity contribution in [3.8, 4) is 11.3 Å². The molecule has 4 heterocycles. The number of piperidine rings is 1. The van der Waals surface area contributed by atoms with Gasteiger partial charge in [-0.1, -0.05) is 0 Å². The SMILES string of the molecule is Cc1ccncc1-c1cc2cc(NC(=O)[C@@H]3C[C@@]34CCNC(=O)C4)ncc2c(N)n1. The Morgan fingerprint density at radius 1 is 1.33 bits per heavy atom. The van der Waals surface area contributed by atoms with Crippen LogP contribution in [0.15, 0.2) is 36.8 Å². The molecular weight excluding hydrogens is 380 g/mol. The minimum Gasteiger partial charge on any atom is -0.383 e. The van der Waals surface area contributed by atoms with Gasteiger partial charge >= 0.3 is 0 Å². The lowest BCUT2D eigenvalue weighted by molar-refractivity contribution is -0.124. The molecule has 1 saturated heterocycles. The largest absolute Gasteiger partial charge is 0.383 e. The van der Waals surface area contributed by atoms with Crippen molar-refractivity contribution in [1.82, 2.24) is 20.3 Å². The van der Waals surface area contributed by atoms with Crippen LogP contribution in [0.5, 0.6) is 0 Å². The van der Waals surface area contributed by atoms with Gasteiger partial charge in [-0.3, -0.25) is 14.6 Å². The second-order valence-corrected chi connectivity index (χ2v) is 8.26. The van der Waals surface area contributed by atoms with E-state index >= 15 is 0 Å². The number of pyridine rings is 3. The number of hydrogen-bond donors (Lipinski definition) is 3. The summed E-state index contributed by atoms with van der Waals surface area (Å²) < 4.78 is 0. The number of nitrogens with two attached hydrogens (primary N) is 1. The summed E-state index contributed by atoms with van der Waals surface area (Å²) >= 11 is 0. The van der Waals surface area contributed by atoms with E-state index in [1.54, 1.807) is 18.6 Å². The molecular formula is C22H22N6O2. The van der Waals surface area contributed by atoms with Crippen LogP contribution in [0.2, 0.25) is 0 Å². The maximum absolute atomic E-state index is 12.8. The lowest BCUT2D eigenvalue weighted by Crippen LogP contribution is -2.36. The summed E-state index contributed by atoms with van der Waals surface area (Å²) in [5.74, 6) is 0.653. The normalized spacial score (nSPS) is 22.7. The molecule has 2 aliphatic rings. The molecule has 0 unspecified atom stereocenters. The molecule has 8 heteroatoms. The van der Waals surface area contributed by atoms with E-state index in [0.29, 0.717) is 24.6 Å². The van der Waals surface area contributed by atoms with E-state index in [1.165, 1.54) is 0 Å². The third kappa shape index (κ3) is 3.14. The minimum absolute atomic E-state index is 0.0292. The Morgan fingerprint density at radius 3 is 3.00 bits per heavy atom. The average Bonchev–Trinajstić information content (AvgIpc) is 3.40. The standard InChI is InChI=1S/C22H22N6O2/c1-12-2-4-24-10-14(12)17-6-13-7-18(26-11-15(13)20(23)27-17)28-21(30)16-8-22(16)3-5-25-19(29)9-22/h2,4,6-7,10-11,16H,3,5,8-9H2,1H3,(H2,23,27)(H,25,29)(H,26,28,30)/t16-,22+/m0/s1. The Morgan fingerprint density at radius 2 is 2.20 bits per heavy atom. The van der Waals surface area contributed by atoms with Crippen LogP contribution in [-0.4, -0.2) is 33.3 Å². The number of carbonyl (C=O) groups excluding carboxylic acids is 2. The molecule has 1 aliphatic heterocycles. The highest BCUT2D eigenvalue weighted by molar-refractivity contribution is 5.99. The van der Waals surface area contributed by atoms with Crippen molar-refractivity contribution in [1.29, 1.82) is 0 Å². The van der Waals surface area contributed by atoms with Crippen LogP contribution in [0.1, 0.15) is 24.8 Å². The minimum atomic E-state index is -0.178. The summed E-state index contributed by atoms with van der Waals surface area (Å²) in [4.78, 5) is 37.5. The number of nitrogens with zero attached hydrogens (tertiary/aromatic N) is 3. The van der Waals surface area contributed by atoms with Crippen LogP contribution in [-0.2, 0) is 9.59 Å². The van der Waals surface area contributed by atoms with Gasteiger partial charge in [0.2, 0.25) is 11.8 Å². The number of aromatic nitrogens is 3. The molecule has 2 fully saturated rings. The number of amides is 2. The van der Waals surface area contributed by atoms with Gasteiger partial charge in [-0.2, -0.15) is 0 Å². The van der Waals surface area contributed by atoms with E-state index in [9.17, 15) is 9.59 Å². The highest BCUT2D eigenvalue weighted by Crippen LogP contribution is 2.59. The zero-order valence-electron chi connectivity index (χ0n) is 16.6. The zero-order valence-corrected chi connectivity index (χ0v) is 16.6. The molecule has 2 atom stereocenters. The molecule has 4 N–H and O–H groups in total. The molecule has 0 aromatic carbocycles. The van der Waals surface area contributed by atoms with Crippen LogP contribution < -0.4 is 16.4 Å². The molecule has 8 nitrogen and oxygen atoms in total. The highest BCUT2D eigenvalue weighted by Gasteiger charge is 2.59. The van der Waals surface area contributed by atoms with Crippen LogP contribution >= 0.6 is 0 Å². The Kier molecular flexibility index (Phi) is 4.16. The predicted molar refractivity (Wildman–Crippen MR) is 113 cm³/mol. The van der Waals surface area contributed by atoms with E-state index in [0.717, 1.165) is 40.4 Å². The number of hydrogen-bond acceptors (Lipinski definition) is 6. The Labute approximate surface area is 173 Å². The number of fused-ring (bicyclic) bond motifs is 1. The quantitative estimate of drug-likeness (QED) is 0.618. The fourth-order valence-electron chi connectivity index (χ4n) is 4.44. The van der Waals surface area contributed by atoms with Gasteiger partial charge in [0.05, 0.1) is 5.69 Å². The Hall–Kier alpha value is -3.55. The highest BCUT2D eigenvalue weighted by atomic mass is 16.2. The smallest absolute Gasteiger partial charge is 0.229 e. The van der Waals surface area contributed by atoms with Crippen molar-refractivity contribution >= 4 is 34.2 Å². The number of aryl methyl sites for hydroxylation is 1. The van der Waals surface area contributed by atoms with Gasteiger partial charge in [0, 0.05) is 48.4 Å². The van der Waals surface area contributed by atoms with E-state index in [4.69, 9.17) is 5.73 Å². The molecule has 152 valence electrons. The van der Waals surface area contributed by atoms with Gasteiger partial charge in [0.1, 0.15) is 11.6 Å². The van der Waals surface area contributed by atoms with Crippen molar-refractivity contribution in [3.63, 3.8) is 0 Å². The summed E-state index contributed by atoms with van der Waals surface area (Å²) in [6.45, 7) is 2.63. The first-order chi connectivity index (χ1) is 14.4. The van der Waals surface area contributed by atoms with Crippen molar-refractivity contribution in [3.05, 3.63) is 42.4 Å². The van der Waals surface area contributed by atoms with Gasteiger partial charge in [-0.15, -0.1) is 0 Å². The fourth-order valence-corrected chi connectivity index (χ4v) is 4.44. The lowest BCUT2D eigenvalue weighted by atomic mass is 9.91. The second kappa shape index (κ2) is 6.76. The summed E-state index contributed by atoms with van der Waals surface area (Å²) in [5, 5.41) is 7.32. The third-order valence-electron chi connectivity index (χ3n) is 6.28. The number of rotatable bonds is 3. The summed E-state index contributed by atoms with van der Waals surface area (Å²) in [5.41, 5.74) is 8.67. The molecule has 0 bridgehead atoms. The van der Waals surface area contributed by atoms with Crippen LogP contribution in [0.3, 0.4) is 0 Å². The summed E-state index contributed by atoms with van der Waals surface area (Å²) in [6.07, 6.45) is 7.15. The maximum atomic E-state index is 12.8. The zero-order chi connectivity index (χ0) is 20.9. The van der Waals surface area contributed by atoms with Crippen LogP contribution in [0.25, 0.3) is 22.0 Å². The molecule has 3 aromatic heterocycles. The van der Waals surface area contributed by atoms with E-state index in [1.807, 2.05) is 25.1 Å². The topological polar surface area (TPSA) is 123 Å². The molecule has 30 heavy (non-hydrogen) atoms.